The summed E-state index contributed by atoms with van der Waals surface area (Å²) < 4.78 is 4.97. The molecule has 0 bridgehead atoms. The average molecular weight is 428 g/mol. The summed E-state index contributed by atoms with van der Waals surface area (Å²) in [6.45, 7) is 3.12. The molecule has 1 atom stereocenters. The first-order valence-electron chi connectivity index (χ1n) is 10.9. The van der Waals surface area contributed by atoms with Gasteiger partial charge >= 0.3 is 5.97 Å². The fourth-order valence-corrected chi connectivity index (χ4v) is 5.05. The van der Waals surface area contributed by atoms with E-state index in [0.29, 0.717) is 45.4 Å². The Bertz CT molecular complexity index is 977. The van der Waals surface area contributed by atoms with Gasteiger partial charge in [-0.2, -0.15) is 0 Å². The molecular weight excluding hydrogens is 398 g/mol. The van der Waals surface area contributed by atoms with Gasteiger partial charge in [0.15, 0.2) is 0 Å². The Morgan fingerprint density at radius 1 is 1.23 bits per heavy atom. The van der Waals surface area contributed by atoms with E-state index < -0.39 is 17.4 Å². The number of aromatic nitrogens is 1. The van der Waals surface area contributed by atoms with Gasteiger partial charge in [-0.3, -0.25) is 19.2 Å². The number of nitrogens with zero attached hydrogens (tertiary/aromatic N) is 2. The van der Waals surface area contributed by atoms with E-state index >= 15 is 0 Å². The number of nitrogens with one attached hydrogen (secondary N) is 1. The van der Waals surface area contributed by atoms with Crippen molar-refractivity contribution in [2.24, 2.45) is 5.92 Å². The highest BCUT2D eigenvalue weighted by Gasteiger charge is 2.58. The van der Waals surface area contributed by atoms with Crippen LogP contribution in [0.2, 0.25) is 0 Å². The highest BCUT2D eigenvalue weighted by molar-refractivity contribution is 5.88. The number of H-pyrrole nitrogens is 1. The van der Waals surface area contributed by atoms with Gasteiger partial charge in [0.05, 0.1) is 25.2 Å². The quantitative estimate of drug-likeness (QED) is 0.715. The Balaban J connectivity index is 1.42. The minimum Gasteiger partial charge on any atom is -0.469 e. The molecular formula is C23H29N3O5. The second-order valence-corrected chi connectivity index (χ2v) is 8.23. The number of piperidine rings is 1. The third-order valence-electron chi connectivity index (χ3n) is 6.67. The van der Waals surface area contributed by atoms with Crippen molar-refractivity contribution in [1.82, 2.24) is 14.9 Å². The zero-order valence-electron chi connectivity index (χ0n) is 18.1. The number of hydrogen-bond donors (Lipinski definition) is 1. The van der Waals surface area contributed by atoms with Crippen molar-refractivity contribution in [2.75, 3.05) is 26.8 Å². The number of amides is 2. The van der Waals surface area contributed by atoms with Gasteiger partial charge in [0.2, 0.25) is 11.8 Å². The lowest BCUT2D eigenvalue weighted by molar-refractivity contribution is -0.221. The molecule has 8 nitrogen and oxygen atoms in total. The molecule has 0 radical (unpaired) electrons. The zero-order chi connectivity index (χ0) is 22.0. The summed E-state index contributed by atoms with van der Waals surface area (Å²) in [6.07, 6.45) is 4.13. The van der Waals surface area contributed by atoms with Crippen LogP contribution < -0.4 is 0 Å². The van der Waals surface area contributed by atoms with Crippen LogP contribution >= 0.6 is 0 Å². The van der Waals surface area contributed by atoms with Crippen molar-refractivity contribution in [1.29, 1.82) is 0 Å². The van der Waals surface area contributed by atoms with Crippen molar-refractivity contribution in [3.8, 4) is 0 Å². The second kappa shape index (κ2) is 8.70. The summed E-state index contributed by atoms with van der Waals surface area (Å²) in [4.78, 5) is 48.5. The van der Waals surface area contributed by atoms with Crippen LogP contribution in [0.25, 0.3) is 10.9 Å². The minimum atomic E-state index is -0.742. The molecule has 2 saturated heterocycles. The molecule has 2 fully saturated rings. The minimum absolute atomic E-state index is 0.0845. The summed E-state index contributed by atoms with van der Waals surface area (Å²) in [5.41, 5.74) is 1.46. The number of aromatic amines is 1. The number of hydrogen-bond acceptors (Lipinski definition) is 5. The number of aryl methyl sites for hydroxylation is 1. The molecule has 2 aromatic rings. The fraction of sp³-hybridized carbons (Fsp3) is 0.522. The van der Waals surface area contributed by atoms with E-state index in [1.807, 2.05) is 36.2 Å². The van der Waals surface area contributed by atoms with Crippen LogP contribution in [-0.4, -0.2) is 65.1 Å². The van der Waals surface area contributed by atoms with Crippen LogP contribution in [0.4, 0.5) is 0 Å². The number of hydroxylamine groups is 2. The maximum Gasteiger partial charge on any atom is 0.311 e. The van der Waals surface area contributed by atoms with Gasteiger partial charge < -0.3 is 14.6 Å². The number of ether oxygens (including phenoxy) is 1. The van der Waals surface area contributed by atoms with E-state index in [2.05, 4.69) is 11.1 Å². The van der Waals surface area contributed by atoms with Crippen LogP contribution in [0, 0.1) is 5.92 Å². The molecule has 1 unspecified atom stereocenters. The lowest BCUT2D eigenvalue weighted by Crippen LogP contribution is -2.58. The van der Waals surface area contributed by atoms with Crippen molar-refractivity contribution >= 4 is 28.7 Å². The number of fused-ring (bicyclic) bond motifs is 1. The Morgan fingerprint density at radius 2 is 1.97 bits per heavy atom. The number of para-hydroxylation sites is 1. The molecule has 2 amide bonds. The topological polar surface area (TPSA) is 91.9 Å². The smallest absolute Gasteiger partial charge is 0.311 e. The molecule has 1 N–H and O–H groups in total. The monoisotopic (exact) mass is 427 g/mol. The van der Waals surface area contributed by atoms with Gasteiger partial charge in [0, 0.05) is 43.0 Å². The summed E-state index contributed by atoms with van der Waals surface area (Å²) in [5.74, 6) is -1.08. The van der Waals surface area contributed by atoms with E-state index in [4.69, 9.17) is 9.57 Å². The van der Waals surface area contributed by atoms with Gasteiger partial charge in [-0.05, 0) is 37.8 Å². The van der Waals surface area contributed by atoms with Crippen LogP contribution in [-0.2, 0) is 30.4 Å². The van der Waals surface area contributed by atoms with E-state index in [1.54, 1.807) is 0 Å². The molecule has 8 heteroatoms. The number of carbonyl (C=O) groups is 3. The average Bonchev–Trinajstić information content (AvgIpc) is 3.32. The molecule has 1 aromatic heterocycles. The Kier molecular flexibility index (Phi) is 6.00. The predicted molar refractivity (Wildman–Crippen MR) is 114 cm³/mol. The number of benzene rings is 1. The maximum atomic E-state index is 12.9. The lowest BCUT2D eigenvalue weighted by Gasteiger charge is -2.45. The summed E-state index contributed by atoms with van der Waals surface area (Å²) in [6, 6.07) is 8.06. The molecule has 0 aliphatic carbocycles. The largest absolute Gasteiger partial charge is 0.469 e. The first-order chi connectivity index (χ1) is 15.0. The fourth-order valence-electron chi connectivity index (χ4n) is 5.05. The first kappa shape index (κ1) is 21.4. The van der Waals surface area contributed by atoms with Crippen molar-refractivity contribution in [3.05, 3.63) is 36.0 Å². The first-order valence-corrected chi connectivity index (χ1v) is 10.9. The second-order valence-electron chi connectivity index (χ2n) is 8.23. The van der Waals surface area contributed by atoms with E-state index in [0.717, 1.165) is 16.5 Å². The lowest BCUT2D eigenvalue weighted by atomic mass is 9.77. The van der Waals surface area contributed by atoms with Crippen molar-refractivity contribution < 1.29 is 24.0 Å². The molecule has 3 heterocycles. The molecule has 4 rings (SSSR count). The van der Waals surface area contributed by atoms with Crippen molar-refractivity contribution in [2.45, 2.75) is 44.6 Å². The SMILES string of the molecule is CCON1C(=O)CC(C(=O)OC)C12CCN(C(=O)CCc1c[nH]c3ccccc13)CC2. The van der Waals surface area contributed by atoms with E-state index in [1.165, 1.54) is 12.2 Å². The molecule has 2 aliphatic rings. The normalized spacial score (nSPS) is 20.6. The molecule has 31 heavy (non-hydrogen) atoms. The Hall–Kier alpha value is -2.87. The van der Waals surface area contributed by atoms with Crippen LogP contribution in [0.3, 0.4) is 0 Å². The third kappa shape index (κ3) is 3.80. The molecule has 166 valence electrons. The summed E-state index contributed by atoms with van der Waals surface area (Å²) in [5, 5.41) is 2.54. The predicted octanol–water partition coefficient (Wildman–Crippen LogP) is 2.43. The van der Waals surface area contributed by atoms with E-state index in [-0.39, 0.29) is 18.2 Å². The molecule has 2 aliphatic heterocycles. The molecule has 0 saturated carbocycles. The number of methoxy groups -OCH3 is 1. The highest BCUT2D eigenvalue weighted by Crippen LogP contribution is 2.44. The van der Waals surface area contributed by atoms with Gasteiger partial charge in [-0.1, -0.05) is 18.2 Å². The summed E-state index contributed by atoms with van der Waals surface area (Å²) >= 11 is 0. The summed E-state index contributed by atoms with van der Waals surface area (Å²) in [7, 11) is 1.34. The van der Waals surface area contributed by atoms with Crippen LogP contribution in [0.1, 0.15) is 38.2 Å². The maximum absolute atomic E-state index is 12.9. The number of carbonyl (C=O) groups excluding carboxylic acids is 3. The zero-order valence-corrected chi connectivity index (χ0v) is 18.1. The van der Waals surface area contributed by atoms with Gasteiger partial charge in [0.1, 0.15) is 0 Å². The van der Waals surface area contributed by atoms with Gasteiger partial charge in [0.25, 0.3) is 0 Å². The Morgan fingerprint density at radius 3 is 2.68 bits per heavy atom. The highest BCUT2D eigenvalue weighted by atomic mass is 16.7. The van der Waals surface area contributed by atoms with Gasteiger partial charge in [-0.25, -0.2) is 5.06 Å². The number of likely N-dealkylation sites (tertiary alicyclic amines) is 1. The number of rotatable bonds is 6. The van der Waals surface area contributed by atoms with E-state index in [9.17, 15) is 14.4 Å². The third-order valence-corrected chi connectivity index (χ3v) is 6.67. The van der Waals surface area contributed by atoms with Crippen LogP contribution in [0.5, 0.6) is 0 Å². The van der Waals surface area contributed by atoms with Gasteiger partial charge in [-0.15, -0.1) is 0 Å². The Labute approximate surface area is 181 Å². The molecule has 1 aromatic carbocycles. The molecule has 1 spiro atoms. The standard InChI is InChI=1S/C23H29N3O5/c1-3-31-26-21(28)14-18(22(29)30-2)23(26)10-12-25(13-11-23)20(27)9-8-16-15-24-19-7-5-4-6-17(16)19/h4-7,15,18,24H,3,8-14H2,1-2H3. The van der Waals surface area contributed by atoms with Crippen LogP contribution in [0.15, 0.2) is 30.5 Å². The van der Waals surface area contributed by atoms with Crippen molar-refractivity contribution in [3.63, 3.8) is 0 Å². The number of esters is 1.